The van der Waals surface area contributed by atoms with E-state index in [-0.39, 0.29) is 21.8 Å². The van der Waals surface area contributed by atoms with Gasteiger partial charge in [-0.1, -0.05) is 44.0 Å². The first kappa shape index (κ1) is 17.7. The Morgan fingerprint density at radius 3 is 2.57 bits per heavy atom. The first-order chi connectivity index (χ1) is 9.61. The lowest BCUT2D eigenvalue weighted by Crippen LogP contribution is -2.42. The Bertz CT molecular complexity index is 598. The van der Waals surface area contributed by atoms with Gasteiger partial charge in [-0.05, 0) is 24.4 Å². The van der Waals surface area contributed by atoms with E-state index in [0.717, 1.165) is 0 Å². The van der Waals surface area contributed by atoms with Gasteiger partial charge in [0, 0.05) is 16.0 Å². The number of carbonyl (C=O) groups is 1. The van der Waals surface area contributed by atoms with Crippen LogP contribution < -0.4 is 10.7 Å². The van der Waals surface area contributed by atoms with Crippen molar-refractivity contribution in [3.05, 3.63) is 27.7 Å². The normalized spacial score (nSPS) is 11.5. The number of aromatic hydroxyl groups is 1. The Kier molecular flexibility index (Phi) is 5.95. The smallest absolute Gasteiger partial charge is 0.231 e. The zero-order valence-electron chi connectivity index (χ0n) is 11.7. The summed E-state index contributed by atoms with van der Waals surface area (Å²) < 4.78 is 0. The van der Waals surface area contributed by atoms with E-state index in [1.165, 1.54) is 18.3 Å². The molecular formula is C13H15Cl2N3O2S. The Morgan fingerprint density at radius 2 is 2.00 bits per heavy atom. The number of hydrazone groups is 1. The zero-order chi connectivity index (χ0) is 16.2. The number of halogens is 2. The fourth-order valence-corrected chi connectivity index (χ4v) is 1.82. The molecule has 0 atom stereocenters. The van der Waals surface area contributed by atoms with Gasteiger partial charge in [0.2, 0.25) is 5.91 Å². The molecule has 3 N–H and O–H groups in total. The van der Waals surface area contributed by atoms with Crippen LogP contribution in [0.5, 0.6) is 5.75 Å². The number of rotatable bonds is 2. The van der Waals surface area contributed by atoms with E-state index in [1.54, 1.807) is 20.8 Å². The van der Waals surface area contributed by atoms with Gasteiger partial charge in [-0.15, -0.1) is 0 Å². The number of phenols is 1. The number of phenolic OH excluding ortho intramolecular Hbond substituents is 1. The molecule has 114 valence electrons. The van der Waals surface area contributed by atoms with Crippen molar-refractivity contribution in [2.45, 2.75) is 20.8 Å². The molecule has 0 aliphatic carbocycles. The predicted octanol–water partition coefficient (Wildman–Crippen LogP) is 3.07. The second kappa shape index (κ2) is 7.06. The van der Waals surface area contributed by atoms with Crippen molar-refractivity contribution in [3.8, 4) is 5.75 Å². The summed E-state index contributed by atoms with van der Waals surface area (Å²) in [5.41, 5.74) is 2.23. The molecule has 1 rings (SSSR count). The monoisotopic (exact) mass is 347 g/mol. The van der Waals surface area contributed by atoms with Gasteiger partial charge in [-0.3, -0.25) is 10.2 Å². The number of nitrogens with zero attached hydrogens (tertiary/aromatic N) is 1. The molecular weight excluding hydrogens is 333 g/mol. The van der Waals surface area contributed by atoms with Crippen LogP contribution in [0, 0.1) is 5.41 Å². The number of nitrogens with one attached hydrogen (secondary N) is 2. The first-order valence-corrected chi connectivity index (χ1v) is 7.10. The van der Waals surface area contributed by atoms with Crippen molar-refractivity contribution in [3.63, 3.8) is 0 Å². The molecule has 21 heavy (non-hydrogen) atoms. The molecule has 1 aromatic carbocycles. The summed E-state index contributed by atoms with van der Waals surface area (Å²) in [6.45, 7) is 5.29. The van der Waals surface area contributed by atoms with Crippen molar-refractivity contribution in [2.75, 3.05) is 0 Å². The fourth-order valence-electron chi connectivity index (χ4n) is 1.16. The SMILES string of the molecule is CC(C)(C)C(=O)NC(=S)N/N=C/c1cc(Cl)cc(Cl)c1O. The van der Waals surface area contributed by atoms with E-state index in [1.807, 2.05) is 0 Å². The van der Waals surface area contributed by atoms with Crippen LogP contribution in [0.4, 0.5) is 0 Å². The highest BCUT2D eigenvalue weighted by Gasteiger charge is 2.21. The molecule has 0 saturated carbocycles. The molecule has 0 radical (unpaired) electrons. The average Bonchev–Trinajstić information content (AvgIpc) is 2.33. The van der Waals surface area contributed by atoms with Crippen LogP contribution in [-0.4, -0.2) is 22.3 Å². The standard InChI is InChI=1S/C13H15Cl2N3O2S/c1-13(2,3)11(20)17-12(21)18-16-6-7-4-8(14)5-9(15)10(7)19/h4-6,19H,1-3H3,(H2,17,18,20,21)/b16-6+. The Balaban J connectivity index is 2.67. The summed E-state index contributed by atoms with van der Waals surface area (Å²) >= 11 is 16.5. The number of carbonyl (C=O) groups excluding carboxylic acids is 1. The van der Waals surface area contributed by atoms with E-state index in [0.29, 0.717) is 10.6 Å². The van der Waals surface area contributed by atoms with Crippen LogP contribution in [0.3, 0.4) is 0 Å². The van der Waals surface area contributed by atoms with Crippen molar-refractivity contribution < 1.29 is 9.90 Å². The predicted molar refractivity (Wildman–Crippen MR) is 89.1 cm³/mol. The van der Waals surface area contributed by atoms with Gasteiger partial charge in [0.15, 0.2) is 5.11 Å². The highest BCUT2D eigenvalue weighted by molar-refractivity contribution is 7.80. The maximum Gasteiger partial charge on any atom is 0.231 e. The fraction of sp³-hybridized carbons (Fsp3) is 0.308. The third kappa shape index (κ3) is 5.49. The minimum absolute atomic E-state index is 0.0544. The topological polar surface area (TPSA) is 73.7 Å². The summed E-state index contributed by atoms with van der Waals surface area (Å²) in [7, 11) is 0. The molecule has 0 bridgehead atoms. The van der Waals surface area contributed by atoms with Crippen molar-refractivity contribution in [1.29, 1.82) is 0 Å². The van der Waals surface area contributed by atoms with Gasteiger partial charge >= 0.3 is 0 Å². The van der Waals surface area contributed by atoms with Crippen molar-refractivity contribution in [2.24, 2.45) is 10.5 Å². The lowest BCUT2D eigenvalue weighted by atomic mass is 9.96. The van der Waals surface area contributed by atoms with Gasteiger partial charge < -0.3 is 10.4 Å². The highest BCUT2D eigenvalue weighted by atomic mass is 35.5. The lowest BCUT2D eigenvalue weighted by molar-refractivity contribution is -0.126. The molecule has 0 saturated heterocycles. The summed E-state index contributed by atoms with van der Waals surface area (Å²) in [6, 6.07) is 2.90. The molecule has 0 aromatic heterocycles. The Hall–Kier alpha value is -1.37. The molecule has 8 heteroatoms. The molecule has 5 nitrogen and oxygen atoms in total. The number of thiocarbonyl (C=S) groups is 1. The molecule has 0 heterocycles. The number of hydrogen-bond acceptors (Lipinski definition) is 4. The molecule has 0 aliphatic rings. The number of amides is 1. The van der Waals surface area contributed by atoms with Gasteiger partial charge in [-0.2, -0.15) is 5.10 Å². The second-order valence-corrected chi connectivity index (χ2v) is 6.48. The van der Waals surface area contributed by atoms with E-state index < -0.39 is 5.41 Å². The zero-order valence-corrected chi connectivity index (χ0v) is 14.0. The summed E-state index contributed by atoms with van der Waals surface area (Å²) in [6.07, 6.45) is 1.29. The molecule has 1 aromatic rings. The highest BCUT2D eigenvalue weighted by Crippen LogP contribution is 2.29. The quantitative estimate of drug-likeness (QED) is 0.436. The largest absolute Gasteiger partial charge is 0.506 e. The molecule has 0 aliphatic heterocycles. The number of benzene rings is 1. The molecule has 0 fully saturated rings. The maximum atomic E-state index is 11.7. The molecule has 0 spiro atoms. The van der Waals surface area contributed by atoms with Crippen LogP contribution in [0.25, 0.3) is 0 Å². The van der Waals surface area contributed by atoms with E-state index in [9.17, 15) is 9.90 Å². The van der Waals surface area contributed by atoms with E-state index in [2.05, 4.69) is 15.8 Å². The Morgan fingerprint density at radius 1 is 1.38 bits per heavy atom. The molecule has 1 amide bonds. The van der Waals surface area contributed by atoms with Crippen LogP contribution in [-0.2, 0) is 4.79 Å². The van der Waals surface area contributed by atoms with Gasteiger partial charge in [0.05, 0.1) is 11.2 Å². The van der Waals surface area contributed by atoms with Crippen molar-refractivity contribution >= 4 is 52.7 Å². The summed E-state index contributed by atoms with van der Waals surface area (Å²) in [5, 5.41) is 16.6. The summed E-state index contributed by atoms with van der Waals surface area (Å²) in [4.78, 5) is 11.7. The minimum atomic E-state index is -0.561. The van der Waals surface area contributed by atoms with Gasteiger partial charge in [-0.25, -0.2) is 0 Å². The van der Waals surface area contributed by atoms with Gasteiger partial charge in [0.25, 0.3) is 0 Å². The molecule has 0 unspecified atom stereocenters. The van der Waals surface area contributed by atoms with Crippen LogP contribution in [0.1, 0.15) is 26.3 Å². The van der Waals surface area contributed by atoms with Gasteiger partial charge in [0.1, 0.15) is 5.75 Å². The third-order valence-corrected chi connectivity index (χ3v) is 3.04. The van der Waals surface area contributed by atoms with Crippen molar-refractivity contribution in [1.82, 2.24) is 10.7 Å². The third-order valence-electron chi connectivity index (χ3n) is 2.34. The minimum Gasteiger partial charge on any atom is -0.506 e. The van der Waals surface area contributed by atoms with Crippen LogP contribution >= 0.6 is 35.4 Å². The lowest BCUT2D eigenvalue weighted by Gasteiger charge is -2.17. The average molecular weight is 348 g/mol. The van der Waals surface area contributed by atoms with Crippen LogP contribution in [0.2, 0.25) is 10.0 Å². The van der Waals surface area contributed by atoms with E-state index >= 15 is 0 Å². The maximum absolute atomic E-state index is 11.7. The first-order valence-electron chi connectivity index (χ1n) is 5.94. The van der Waals surface area contributed by atoms with Crippen LogP contribution in [0.15, 0.2) is 17.2 Å². The number of hydrogen-bond donors (Lipinski definition) is 3. The Labute approximate surface area is 138 Å². The second-order valence-electron chi connectivity index (χ2n) is 5.23. The summed E-state index contributed by atoms with van der Waals surface area (Å²) in [5.74, 6) is -0.375. The van der Waals surface area contributed by atoms with E-state index in [4.69, 9.17) is 35.4 Å².